The molecule has 3 amide bonds. The van der Waals surface area contributed by atoms with Crippen molar-refractivity contribution in [2.24, 2.45) is 5.92 Å². The molecular weight excluding hydrogens is 480 g/mol. The van der Waals surface area contributed by atoms with Gasteiger partial charge in [0.1, 0.15) is 24.2 Å². The Kier molecular flexibility index (Phi) is 10.9. The highest BCUT2D eigenvalue weighted by Gasteiger charge is 2.36. The maximum atomic E-state index is 13.9. The van der Waals surface area contributed by atoms with Gasteiger partial charge in [0.25, 0.3) is 0 Å². The van der Waals surface area contributed by atoms with Crippen LogP contribution in [0.5, 0.6) is 0 Å². The quantitative estimate of drug-likeness (QED) is 0.361. The zero-order valence-corrected chi connectivity index (χ0v) is 22.7. The Morgan fingerprint density at radius 3 is 2.21 bits per heavy atom. The van der Waals surface area contributed by atoms with Crippen LogP contribution in [0.3, 0.4) is 0 Å². The monoisotopic (exact) mass is 516 g/mol. The topological polar surface area (TPSA) is 112 Å². The molecule has 8 nitrogen and oxygen atoms in total. The van der Waals surface area contributed by atoms with Crippen molar-refractivity contribution in [1.82, 2.24) is 15.5 Å². The molecule has 0 spiro atoms. The summed E-state index contributed by atoms with van der Waals surface area (Å²) in [5.41, 5.74) is 1.21. The molecule has 0 fully saturated rings. The van der Waals surface area contributed by atoms with E-state index in [-0.39, 0.29) is 25.4 Å². The summed E-state index contributed by atoms with van der Waals surface area (Å²) in [6.45, 7) is 8.85. The van der Waals surface area contributed by atoms with Crippen molar-refractivity contribution in [3.63, 3.8) is 0 Å². The fourth-order valence-electron chi connectivity index (χ4n) is 3.83. The van der Waals surface area contributed by atoms with Crippen molar-refractivity contribution >= 4 is 17.9 Å². The van der Waals surface area contributed by atoms with E-state index in [1.807, 2.05) is 50.2 Å². The van der Waals surface area contributed by atoms with Crippen LogP contribution < -0.4 is 10.6 Å². The molecule has 0 aliphatic carbocycles. The number of carbonyl (C=O) groups is 3. The summed E-state index contributed by atoms with van der Waals surface area (Å²) >= 11 is 0. The van der Waals surface area contributed by atoms with Gasteiger partial charge in [-0.05, 0) is 56.4 Å². The lowest BCUT2D eigenvalue weighted by molar-refractivity contribution is -0.142. The molecule has 0 saturated carbocycles. The first-order valence-electron chi connectivity index (χ1n) is 12.5. The number of terminal acetylenes is 1. The minimum Gasteiger partial charge on any atom is -0.444 e. The van der Waals surface area contributed by atoms with Crippen LogP contribution in [-0.4, -0.2) is 41.0 Å². The average Bonchev–Trinajstić information content (AvgIpc) is 2.86. The Balaban J connectivity index is 2.45. The van der Waals surface area contributed by atoms with Gasteiger partial charge in [-0.2, -0.15) is 5.26 Å². The Hall–Kier alpha value is -4.30. The molecule has 0 bridgehead atoms. The van der Waals surface area contributed by atoms with Crippen LogP contribution in [0.25, 0.3) is 0 Å². The minimum atomic E-state index is -1.13. The van der Waals surface area contributed by atoms with E-state index in [0.29, 0.717) is 11.1 Å². The molecule has 0 aromatic heterocycles. The number of rotatable bonds is 10. The molecule has 0 heterocycles. The molecule has 2 rings (SSSR count). The second-order valence-electron chi connectivity index (χ2n) is 10.3. The molecule has 2 atom stereocenters. The Morgan fingerprint density at radius 1 is 1.05 bits per heavy atom. The van der Waals surface area contributed by atoms with E-state index in [0.717, 1.165) is 5.56 Å². The maximum Gasteiger partial charge on any atom is 0.408 e. The predicted octanol–water partition coefficient (Wildman–Crippen LogP) is 4.32. The minimum absolute atomic E-state index is 0.0306. The molecule has 0 aliphatic heterocycles. The van der Waals surface area contributed by atoms with E-state index in [4.69, 9.17) is 11.2 Å². The highest BCUT2D eigenvalue weighted by Crippen LogP contribution is 2.24. The second-order valence-corrected chi connectivity index (χ2v) is 10.3. The molecule has 2 aromatic rings. The fraction of sp³-hybridized carbons (Fsp3) is 0.400. The van der Waals surface area contributed by atoms with Gasteiger partial charge >= 0.3 is 6.09 Å². The fourth-order valence-corrected chi connectivity index (χ4v) is 3.83. The smallest absolute Gasteiger partial charge is 0.408 e. The third kappa shape index (κ3) is 9.29. The summed E-state index contributed by atoms with van der Waals surface area (Å²) in [6, 6.07) is 15.9. The number of hydrogen-bond donors (Lipinski definition) is 2. The van der Waals surface area contributed by atoms with Crippen molar-refractivity contribution in [1.29, 1.82) is 5.26 Å². The summed E-state index contributed by atoms with van der Waals surface area (Å²) in [7, 11) is 0. The van der Waals surface area contributed by atoms with E-state index in [2.05, 4.69) is 16.6 Å². The van der Waals surface area contributed by atoms with Gasteiger partial charge < -0.3 is 20.3 Å². The molecule has 8 heteroatoms. The molecule has 2 unspecified atom stereocenters. The lowest BCUT2D eigenvalue weighted by Gasteiger charge is -2.33. The van der Waals surface area contributed by atoms with E-state index < -0.39 is 35.6 Å². The highest BCUT2D eigenvalue weighted by molar-refractivity contribution is 5.92. The van der Waals surface area contributed by atoms with Crippen LogP contribution in [0.4, 0.5) is 4.79 Å². The Labute approximate surface area is 225 Å². The summed E-state index contributed by atoms with van der Waals surface area (Å²) in [4.78, 5) is 41.2. The third-order valence-corrected chi connectivity index (χ3v) is 5.48. The van der Waals surface area contributed by atoms with Gasteiger partial charge in [0.15, 0.2) is 0 Å². The van der Waals surface area contributed by atoms with Crippen molar-refractivity contribution in [3.8, 4) is 18.4 Å². The molecule has 0 aliphatic rings. The molecule has 0 saturated heterocycles. The standard InChI is InChI=1S/C30H36N4O4/c1-7-22-13-15-24(16-14-22)26(27(35)32-20-23-11-9-8-10-12-23)34(18-17-31)28(36)25(19-21(2)3)33-29(37)38-30(4,5)6/h1,8-16,21,25-26H,18-20H2,2-6H3,(H,32,35)(H,33,37). The van der Waals surface area contributed by atoms with Crippen LogP contribution in [0.1, 0.15) is 63.8 Å². The second kappa shape index (κ2) is 13.9. The molecule has 38 heavy (non-hydrogen) atoms. The summed E-state index contributed by atoms with van der Waals surface area (Å²) < 4.78 is 5.36. The number of amides is 3. The molecule has 2 aromatic carbocycles. The van der Waals surface area contributed by atoms with Gasteiger partial charge in [-0.1, -0.05) is 62.2 Å². The van der Waals surface area contributed by atoms with Gasteiger partial charge in [0, 0.05) is 12.1 Å². The molecular formula is C30H36N4O4. The van der Waals surface area contributed by atoms with E-state index in [9.17, 15) is 19.6 Å². The van der Waals surface area contributed by atoms with Gasteiger partial charge in [0.05, 0.1) is 6.07 Å². The first kappa shape index (κ1) is 29.9. The number of carbonyl (C=O) groups excluding carboxylic acids is 3. The van der Waals surface area contributed by atoms with E-state index in [1.54, 1.807) is 45.0 Å². The number of nitriles is 1. The molecule has 2 N–H and O–H groups in total. The predicted molar refractivity (Wildman–Crippen MR) is 145 cm³/mol. The SMILES string of the molecule is C#Cc1ccc(C(C(=O)NCc2ccccc2)N(CC#N)C(=O)C(CC(C)C)NC(=O)OC(C)(C)C)cc1. The lowest BCUT2D eigenvalue weighted by Crippen LogP contribution is -2.53. The Bertz CT molecular complexity index is 1170. The number of ether oxygens (including phenoxy) is 1. The van der Waals surface area contributed by atoms with Gasteiger partial charge in [0.2, 0.25) is 11.8 Å². The first-order chi connectivity index (χ1) is 17.9. The van der Waals surface area contributed by atoms with Crippen LogP contribution >= 0.6 is 0 Å². The average molecular weight is 517 g/mol. The van der Waals surface area contributed by atoms with Crippen molar-refractivity contribution in [2.75, 3.05) is 6.54 Å². The Morgan fingerprint density at radius 2 is 1.68 bits per heavy atom. The largest absolute Gasteiger partial charge is 0.444 e. The number of hydrogen-bond acceptors (Lipinski definition) is 5. The summed E-state index contributed by atoms with van der Waals surface area (Å²) in [5.74, 6) is 1.53. The van der Waals surface area contributed by atoms with Crippen LogP contribution in [0.2, 0.25) is 0 Å². The number of benzene rings is 2. The van der Waals surface area contributed by atoms with E-state index in [1.165, 1.54) is 4.90 Å². The van der Waals surface area contributed by atoms with Gasteiger partial charge in [-0.3, -0.25) is 9.59 Å². The van der Waals surface area contributed by atoms with Gasteiger partial charge in [-0.25, -0.2) is 4.79 Å². The normalized spacial score (nSPS) is 12.4. The number of nitrogens with zero attached hydrogens (tertiary/aromatic N) is 2. The first-order valence-corrected chi connectivity index (χ1v) is 12.5. The molecule has 0 radical (unpaired) electrons. The zero-order chi connectivity index (χ0) is 28.3. The number of alkyl carbamates (subject to hydrolysis) is 1. The third-order valence-electron chi connectivity index (χ3n) is 5.48. The highest BCUT2D eigenvalue weighted by atomic mass is 16.6. The lowest BCUT2D eigenvalue weighted by atomic mass is 9.98. The van der Waals surface area contributed by atoms with Crippen molar-refractivity contribution < 1.29 is 19.1 Å². The van der Waals surface area contributed by atoms with Crippen molar-refractivity contribution in [3.05, 3.63) is 71.3 Å². The van der Waals surface area contributed by atoms with Crippen molar-refractivity contribution in [2.45, 2.75) is 65.3 Å². The number of nitrogens with one attached hydrogen (secondary N) is 2. The summed E-state index contributed by atoms with van der Waals surface area (Å²) in [6.07, 6.45) is 5.02. The van der Waals surface area contributed by atoms with Crippen LogP contribution in [0.15, 0.2) is 54.6 Å². The van der Waals surface area contributed by atoms with E-state index >= 15 is 0 Å². The molecule has 200 valence electrons. The summed E-state index contributed by atoms with van der Waals surface area (Å²) in [5, 5.41) is 15.2. The zero-order valence-electron chi connectivity index (χ0n) is 22.7. The van der Waals surface area contributed by atoms with Gasteiger partial charge in [-0.15, -0.1) is 6.42 Å². The van der Waals surface area contributed by atoms with Crippen LogP contribution in [-0.2, 0) is 20.9 Å². The maximum absolute atomic E-state index is 13.9. The van der Waals surface area contributed by atoms with Crippen LogP contribution in [0, 0.1) is 29.6 Å².